The third-order valence-electron chi connectivity index (χ3n) is 3.33. The Kier molecular flexibility index (Phi) is 3.46. The number of imidazole rings is 1. The van der Waals surface area contributed by atoms with Crippen LogP contribution in [-0.4, -0.2) is 32.6 Å². The molecule has 3 rings (SSSR count). The quantitative estimate of drug-likeness (QED) is 0.737. The number of aryl methyl sites for hydroxylation is 1. The second kappa shape index (κ2) is 5.44. The minimum atomic E-state index is -0.351. The molecule has 0 saturated carbocycles. The van der Waals surface area contributed by atoms with E-state index in [1.807, 2.05) is 16.7 Å². The number of carbonyl (C=O) groups is 1. The molecule has 3 aromatic rings. The lowest BCUT2D eigenvalue weighted by atomic mass is 10.1. The molecule has 7 nitrogen and oxygen atoms in total. The van der Waals surface area contributed by atoms with E-state index < -0.39 is 0 Å². The number of nitrogen functional groups attached to an aromatic ring is 1. The van der Waals surface area contributed by atoms with E-state index in [-0.39, 0.29) is 5.97 Å². The second-order valence-electron chi connectivity index (χ2n) is 4.89. The lowest BCUT2D eigenvalue weighted by Gasteiger charge is -2.06. The first kappa shape index (κ1) is 14.0. The summed E-state index contributed by atoms with van der Waals surface area (Å²) in [5.74, 6) is 0.630. The highest BCUT2D eigenvalue weighted by Crippen LogP contribution is 2.17. The molecule has 7 heteroatoms. The Morgan fingerprint density at radius 3 is 2.68 bits per heavy atom. The van der Waals surface area contributed by atoms with Crippen LogP contribution in [0.5, 0.6) is 0 Å². The lowest BCUT2D eigenvalue weighted by Crippen LogP contribution is -2.04. The van der Waals surface area contributed by atoms with Crippen molar-refractivity contribution in [2.24, 2.45) is 0 Å². The maximum Gasteiger partial charge on any atom is 0.337 e. The van der Waals surface area contributed by atoms with Crippen molar-refractivity contribution in [1.82, 2.24) is 19.5 Å². The summed E-state index contributed by atoms with van der Waals surface area (Å²) in [6.45, 7) is 2.37. The summed E-state index contributed by atoms with van der Waals surface area (Å²) in [4.78, 5) is 24.2. The normalized spacial score (nSPS) is 10.8. The van der Waals surface area contributed by atoms with Crippen molar-refractivity contribution in [2.45, 2.75) is 13.5 Å². The number of aromatic nitrogens is 4. The molecule has 0 aliphatic carbocycles. The lowest BCUT2D eigenvalue weighted by molar-refractivity contribution is 0.0600. The van der Waals surface area contributed by atoms with Gasteiger partial charge >= 0.3 is 5.97 Å². The second-order valence-corrected chi connectivity index (χ2v) is 4.89. The smallest absolute Gasteiger partial charge is 0.337 e. The predicted molar refractivity (Wildman–Crippen MR) is 81.4 cm³/mol. The van der Waals surface area contributed by atoms with E-state index in [0.717, 1.165) is 5.56 Å². The zero-order valence-electron chi connectivity index (χ0n) is 12.3. The standard InChI is InChI=1S/C15H15N5O2/c1-9-18-13(16)12-14(19-9)20(8-17-12)7-10-3-5-11(6-4-10)15(21)22-2/h3-6,8H,7H2,1-2H3,(H2,16,18,19). The zero-order chi connectivity index (χ0) is 15.7. The van der Waals surface area contributed by atoms with Crippen LogP contribution in [0.1, 0.15) is 21.7 Å². The van der Waals surface area contributed by atoms with Crippen LogP contribution in [0.25, 0.3) is 11.2 Å². The van der Waals surface area contributed by atoms with E-state index in [1.54, 1.807) is 25.4 Å². The molecular formula is C15H15N5O2. The van der Waals surface area contributed by atoms with Gasteiger partial charge in [-0.2, -0.15) is 0 Å². The predicted octanol–water partition coefficient (Wildman–Crippen LogP) is 1.55. The number of ether oxygens (including phenoxy) is 1. The summed E-state index contributed by atoms with van der Waals surface area (Å²) < 4.78 is 6.58. The van der Waals surface area contributed by atoms with Crippen LogP contribution >= 0.6 is 0 Å². The molecule has 0 aliphatic heterocycles. The van der Waals surface area contributed by atoms with Gasteiger partial charge < -0.3 is 15.0 Å². The van der Waals surface area contributed by atoms with E-state index in [4.69, 9.17) is 5.73 Å². The summed E-state index contributed by atoms with van der Waals surface area (Å²) in [6.07, 6.45) is 1.68. The molecule has 2 N–H and O–H groups in total. The minimum Gasteiger partial charge on any atom is -0.465 e. The number of fused-ring (bicyclic) bond motifs is 1. The molecule has 1 aromatic carbocycles. The number of benzene rings is 1. The summed E-state index contributed by atoms with van der Waals surface area (Å²) in [7, 11) is 1.36. The first-order chi connectivity index (χ1) is 10.6. The Morgan fingerprint density at radius 1 is 1.27 bits per heavy atom. The Labute approximate surface area is 126 Å². The molecule has 0 amide bonds. The van der Waals surface area contributed by atoms with Crippen molar-refractivity contribution >= 4 is 23.0 Å². The van der Waals surface area contributed by atoms with Crippen LogP contribution in [0.15, 0.2) is 30.6 Å². The van der Waals surface area contributed by atoms with Crippen molar-refractivity contribution in [3.8, 4) is 0 Å². The van der Waals surface area contributed by atoms with Crippen molar-refractivity contribution < 1.29 is 9.53 Å². The average molecular weight is 297 g/mol. The molecular weight excluding hydrogens is 282 g/mol. The van der Waals surface area contributed by atoms with Gasteiger partial charge in [0.1, 0.15) is 11.3 Å². The number of nitrogens with zero attached hydrogens (tertiary/aromatic N) is 4. The Bertz CT molecular complexity index is 839. The van der Waals surface area contributed by atoms with Crippen molar-refractivity contribution in [3.05, 3.63) is 47.5 Å². The van der Waals surface area contributed by atoms with E-state index in [0.29, 0.717) is 34.9 Å². The van der Waals surface area contributed by atoms with Crippen molar-refractivity contribution in [2.75, 3.05) is 12.8 Å². The Morgan fingerprint density at radius 2 is 2.00 bits per heavy atom. The van der Waals surface area contributed by atoms with Crippen LogP contribution in [0.3, 0.4) is 0 Å². The summed E-state index contributed by atoms with van der Waals surface area (Å²) in [5, 5.41) is 0. The number of anilines is 1. The topological polar surface area (TPSA) is 95.9 Å². The first-order valence-electron chi connectivity index (χ1n) is 6.70. The number of hydrogen-bond acceptors (Lipinski definition) is 6. The fourth-order valence-corrected chi connectivity index (χ4v) is 2.26. The monoisotopic (exact) mass is 297 g/mol. The fraction of sp³-hybridized carbons (Fsp3) is 0.200. The minimum absolute atomic E-state index is 0.351. The van der Waals surface area contributed by atoms with Crippen LogP contribution in [-0.2, 0) is 11.3 Å². The largest absolute Gasteiger partial charge is 0.465 e. The van der Waals surface area contributed by atoms with E-state index in [2.05, 4.69) is 19.7 Å². The van der Waals surface area contributed by atoms with Gasteiger partial charge in [-0.05, 0) is 24.6 Å². The highest BCUT2D eigenvalue weighted by molar-refractivity contribution is 5.89. The molecule has 2 heterocycles. The summed E-state index contributed by atoms with van der Waals surface area (Å²) in [6, 6.07) is 7.20. The number of carbonyl (C=O) groups excluding carboxylic acids is 1. The highest BCUT2D eigenvalue weighted by Gasteiger charge is 2.10. The van der Waals surface area contributed by atoms with Crippen molar-refractivity contribution in [3.63, 3.8) is 0 Å². The average Bonchev–Trinajstić information content (AvgIpc) is 2.90. The molecule has 2 aromatic heterocycles. The van der Waals surface area contributed by atoms with Gasteiger partial charge in [-0.25, -0.2) is 19.7 Å². The maximum absolute atomic E-state index is 11.4. The zero-order valence-corrected chi connectivity index (χ0v) is 12.3. The van der Waals surface area contributed by atoms with Crippen LogP contribution in [0.2, 0.25) is 0 Å². The molecule has 0 spiro atoms. The van der Waals surface area contributed by atoms with E-state index in [9.17, 15) is 4.79 Å². The number of rotatable bonds is 3. The molecule has 0 atom stereocenters. The molecule has 0 radical (unpaired) electrons. The third-order valence-corrected chi connectivity index (χ3v) is 3.33. The van der Waals surface area contributed by atoms with Crippen LogP contribution in [0.4, 0.5) is 5.82 Å². The van der Waals surface area contributed by atoms with Gasteiger partial charge in [0.25, 0.3) is 0 Å². The van der Waals surface area contributed by atoms with E-state index in [1.165, 1.54) is 7.11 Å². The van der Waals surface area contributed by atoms with Gasteiger partial charge in [0, 0.05) is 0 Å². The number of hydrogen-bond donors (Lipinski definition) is 1. The van der Waals surface area contributed by atoms with Crippen molar-refractivity contribution in [1.29, 1.82) is 0 Å². The molecule has 0 fully saturated rings. The van der Waals surface area contributed by atoms with Gasteiger partial charge in [-0.3, -0.25) is 0 Å². The number of methoxy groups -OCH3 is 1. The number of nitrogens with two attached hydrogens (primary N) is 1. The van der Waals surface area contributed by atoms with Gasteiger partial charge in [0.05, 0.1) is 25.5 Å². The maximum atomic E-state index is 11.4. The molecule has 0 bridgehead atoms. The Hall–Kier alpha value is -2.96. The van der Waals surface area contributed by atoms with Gasteiger partial charge in [0.15, 0.2) is 11.5 Å². The molecule has 0 saturated heterocycles. The molecule has 0 aliphatic rings. The summed E-state index contributed by atoms with van der Waals surface area (Å²) >= 11 is 0. The Balaban J connectivity index is 1.92. The molecule has 112 valence electrons. The SMILES string of the molecule is COC(=O)c1ccc(Cn2cnc3c(N)nc(C)nc32)cc1. The highest BCUT2D eigenvalue weighted by atomic mass is 16.5. The van der Waals surface area contributed by atoms with E-state index >= 15 is 0 Å². The van der Waals surface area contributed by atoms with Gasteiger partial charge in [-0.1, -0.05) is 12.1 Å². The molecule has 22 heavy (non-hydrogen) atoms. The van der Waals surface area contributed by atoms with Crippen LogP contribution < -0.4 is 5.73 Å². The van der Waals surface area contributed by atoms with Gasteiger partial charge in [-0.15, -0.1) is 0 Å². The third kappa shape index (κ3) is 2.48. The van der Waals surface area contributed by atoms with Crippen LogP contribution in [0, 0.1) is 6.92 Å². The fourth-order valence-electron chi connectivity index (χ4n) is 2.26. The molecule has 0 unspecified atom stereocenters. The summed E-state index contributed by atoms with van der Waals surface area (Å²) in [5.41, 5.74) is 8.68. The first-order valence-corrected chi connectivity index (χ1v) is 6.70. The van der Waals surface area contributed by atoms with Gasteiger partial charge in [0.2, 0.25) is 0 Å². The number of esters is 1.